The summed E-state index contributed by atoms with van der Waals surface area (Å²) in [7, 11) is -2.01. The molecule has 6 heterocycles. The summed E-state index contributed by atoms with van der Waals surface area (Å²) < 4.78 is 61.3. The van der Waals surface area contributed by atoms with Crippen LogP contribution in [0.5, 0.6) is 11.8 Å². The maximum Gasteiger partial charge on any atom is 0.233 e. The lowest BCUT2D eigenvalue weighted by molar-refractivity contribution is -0.118. The third kappa shape index (κ3) is 6.98. The molecule has 2 aromatic carbocycles. The van der Waals surface area contributed by atoms with Gasteiger partial charge in [0.25, 0.3) is 0 Å². The molecule has 0 radical (unpaired) electrons. The molecule has 2 aliphatic rings. The zero-order chi connectivity index (χ0) is 36.8. The number of para-hydroxylation sites is 1. The highest BCUT2D eigenvalue weighted by Crippen LogP contribution is 2.45. The van der Waals surface area contributed by atoms with Crippen LogP contribution >= 0.6 is 22.7 Å². The Hall–Kier alpha value is -4.91. The number of methoxy groups -OCH3 is 2. The number of carbonyl (C=O) groups excluding carboxylic acids is 1. The van der Waals surface area contributed by atoms with Crippen LogP contribution in [0.2, 0.25) is 0 Å². The number of benzene rings is 2. The number of nitrogen functional groups attached to an aromatic ring is 1. The highest BCUT2D eigenvalue weighted by molar-refractivity contribution is 7.92. The molecule has 1 saturated heterocycles. The number of ether oxygens (including phenoxy) is 2. The summed E-state index contributed by atoms with van der Waals surface area (Å²) in [5, 5.41) is 3.78. The molecule has 270 valence electrons. The van der Waals surface area contributed by atoms with Crippen LogP contribution < -0.4 is 25.4 Å². The molecular weight excluding hydrogens is 747 g/mol. The SMILES string of the molecule is COc1ccc2nc(N)sc2n1.COc1ccc2nc(NC(=O)C(CC3CCS(=O)(=O)C3)c3ccc4c(c3)N(C)c3ccccc3S4(=O)=O)sc2n1. The number of nitrogens with zero attached hydrogens (tertiary/aromatic N) is 5. The summed E-state index contributed by atoms with van der Waals surface area (Å²) in [5.41, 5.74) is 8.55. The van der Waals surface area contributed by atoms with Gasteiger partial charge in [0, 0.05) is 19.2 Å². The first kappa shape index (κ1) is 35.5. The average Bonchev–Trinajstić information content (AvgIpc) is 3.82. The molecule has 52 heavy (non-hydrogen) atoms. The maximum absolute atomic E-state index is 13.8. The Bertz CT molecular complexity index is 2560. The molecule has 2 unspecified atom stereocenters. The van der Waals surface area contributed by atoms with Crippen molar-refractivity contribution in [2.24, 2.45) is 5.92 Å². The molecule has 8 rings (SSSR count). The lowest BCUT2D eigenvalue weighted by Gasteiger charge is -2.31. The summed E-state index contributed by atoms with van der Waals surface area (Å²) in [6, 6.07) is 18.7. The number of rotatable bonds is 7. The van der Waals surface area contributed by atoms with Gasteiger partial charge in [-0.2, -0.15) is 0 Å². The fourth-order valence-electron chi connectivity index (χ4n) is 6.33. The van der Waals surface area contributed by atoms with Crippen molar-refractivity contribution in [1.82, 2.24) is 19.9 Å². The van der Waals surface area contributed by atoms with E-state index in [9.17, 15) is 21.6 Å². The molecule has 1 amide bonds. The van der Waals surface area contributed by atoms with E-state index in [-0.39, 0.29) is 33.1 Å². The monoisotopic (exact) mass is 779 g/mol. The molecule has 18 heteroatoms. The van der Waals surface area contributed by atoms with Gasteiger partial charge >= 0.3 is 0 Å². The van der Waals surface area contributed by atoms with E-state index in [1.54, 1.807) is 73.7 Å². The van der Waals surface area contributed by atoms with Gasteiger partial charge in [-0.15, -0.1) is 0 Å². The van der Waals surface area contributed by atoms with Gasteiger partial charge in [0.2, 0.25) is 27.5 Å². The van der Waals surface area contributed by atoms with Crippen molar-refractivity contribution in [1.29, 1.82) is 0 Å². The summed E-state index contributed by atoms with van der Waals surface area (Å²) in [4.78, 5) is 34.4. The molecule has 0 saturated carbocycles. The van der Waals surface area contributed by atoms with Crippen molar-refractivity contribution in [2.75, 3.05) is 48.7 Å². The van der Waals surface area contributed by atoms with Gasteiger partial charge < -0.3 is 25.4 Å². The zero-order valence-corrected chi connectivity index (χ0v) is 31.4. The molecule has 0 spiro atoms. The van der Waals surface area contributed by atoms with Crippen LogP contribution in [-0.2, 0) is 24.5 Å². The molecular formula is C34H33N7O7S4. The molecule has 3 N–H and O–H groups in total. The van der Waals surface area contributed by atoms with Crippen LogP contribution in [-0.4, -0.2) is 75.5 Å². The Morgan fingerprint density at radius 2 is 1.54 bits per heavy atom. The van der Waals surface area contributed by atoms with Gasteiger partial charge in [0.05, 0.1) is 52.8 Å². The highest BCUT2D eigenvalue weighted by Gasteiger charge is 2.36. The number of anilines is 4. The Morgan fingerprint density at radius 1 is 0.885 bits per heavy atom. The minimum atomic E-state index is -3.75. The highest BCUT2D eigenvalue weighted by atomic mass is 32.2. The number of fused-ring (bicyclic) bond motifs is 4. The third-order valence-electron chi connectivity index (χ3n) is 8.89. The second-order valence-electron chi connectivity index (χ2n) is 12.2. The number of carbonyl (C=O) groups is 1. The van der Waals surface area contributed by atoms with Crippen molar-refractivity contribution in [3.8, 4) is 11.8 Å². The van der Waals surface area contributed by atoms with Gasteiger partial charge in [-0.1, -0.05) is 40.9 Å². The number of sulfone groups is 2. The number of pyridine rings is 2. The largest absolute Gasteiger partial charge is 0.481 e. The molecule has 4 aromatic heterocycles. The van der Waals surface area contributed by atoms with E-state index < -0.39 is 25.6 Å². The third-order valence-corrected chi connectivity index (χ3v) is 14.2. The molecule has 1 fully saturated rings. The minimum Gasteiger partial charge on any atom is -0.481 e. The van der Waals surface area contributed by atoms with Crippen LogP contribution in [0.3, 0.4) is 0 Å². The van der Waals surface area contributed by atoms with Crippen LogP contribution in [0, 0.1) is 5.92 Å². The molecule has 2 atom stereocenters. The Balaban J connectivity index is 0.000000295. The fourth-order valence-corrected chi connectivity index (χ4v) is 11.4. The Kier molecular flexibility index (Phi) is 9.49. The van der Waals surface area contributed by atoms with E-state index in [1.165, 1.54) is 35.8 Å². The van der Waals surface area contributed by atoms with E-state index in [1.807, 2.05) is 6.07 Å². The van der Waals surface area contributed by atoms with Gasteiger partial charge in [-0.05, 0) is 60.7 Å². The predicted octanol–water partition coefficient (Wildman–Crippen LogP) is 5.44. The lowest BCUT2D eigenvalue weighted by atomic mass is 9.87. The van der Waals surface area contributed by atoms with Gasteiger partial charge in [-0.25, -0.2) is 36.8 Å². The molecule has 0 bridgehead atoms. The molecule has 6 aromatic rings. The molecule has 2 aliphatic heterocycles. The van der Waals surface area contributed by atoms with Crippen LogP contribution in [0.1, 0.15) is 24.3 Å². The van der Waals surface area contributed by atoms with Crippen molar-refractivity contribution in [3.05, 3.63) is 72.3 Å². The number of hydrogen-bond donors (Lipinski definition) is 2. The lowest BCUT2D eigenvalue weighted by Crippen LogP contribution is -2.26. The minimum absolute atomic E-state index is 0.0221. The van der Waals surface area contributed by atoms with Crippen molar-refractivity contribution >= 4 is 90.6 Å². The summed E-state index contributed by atoms with van der Waals surface area (Å²) in [5.74, 6) is -0.132. The van der Waals surface area contributed by atoms with Crippen LogP contribution in [0.25, 0.3) is 20.7 Å². The van der Waals surface area contributed by atoms with Gasteiger partial charge in [-0.3, -0.25) is 4.79 Å². The quantitative estimate of drug-likeness (QED) is 0.208. The van der Waals surface area contributed by atoms with Gasteiger partial charge in [0.15, 0.2) is 20.1 Å². The zero-order valence-electron chi connectivity index (χ0n) is 28.1. The number of thiazole rings is 2. The first-order chi connectivity index (χ1) is 24.8. The number of nitrogens with two attached hydrogens (primary N) is 1. The second-order valence-corrected chi connectivity index (χ2v) is 18.3. The first-order valence-corrected chi connectivity index (χ1v) is 20.9. The van der Waals surface area contributed by atoms with E-state index in [4.69, 9.17) is 15.2 Å². The van der Waals surface area contributed by atoms with Crippen LogP contribution in [0.15, 0.2) is 76.5 Å². The topological polar surface area (TPSA) is 197 Å². The first-order valence-electron chi connectivity index (χ1n) is 16.0. The van der Waals surface area contributed by atoms with Gasteiger partial charge in [0.1, 0.15) is 20.7 Å². The van der Waals surface area contributed by atoms with Crippen molar-refractivity contribution < 1.29 is 31.1 Å². The normalized spacial score (nSPS) is 17.4. The number of hydrogen-bond acceptors (Lipinski definition) is 15. The molecule has 0 aliphatic carbocycles. The van der Waals surface area contributed by atoms with Crippen molar-refractivity contribution in [2.45, 2.75) is 28.6 Å². The fraction of sp³-hybridized carbons (Fsp3) is 0.265. The van der Waals surface area contributed by atoms with E-state index in [0.29, 0.717) is 62.2 Å². The summed E-state index contributed by atoms with van der Waals surface area (Å²) in [6.07, 6.45) is 0.775. The second kappa shape index (κ2) is 13.9. The van der Waals surface area contributed by atoms with Crippen molar-refractivity contribution in [3.63, 3.8) is 0 Å². The molecule has 14 nitrogen and oxygen atoms in total. The van der Waals surface area contributed by atoms with E-state index in [2.05, 4.69) is 25.3 Å². The average molecular weight is 780 g/mol. The number of amides is 1. The number of nitrogens with one attached hydrogen (secondary N) is 1. The predicted molar refractivity (Wildman–Crippen MR) is 201 cm³/mol. The Morgan fingerprint density at radius 3 is 2.21 bits per heavy atom. The van der Waals surface area contributed by atoms with Crippen LogP contribution in [0.4, 0.5) is 21.6 Å². The summed E-state index contributed by atoms with van der Waals surface area (Å²) >= 11 is 2.57. The van der Waals surface area contributed by atoms with E-state index in [0.717, 1.165) is 10.3 Å². The Labute approximate surface area is 307 Å². The summed E-state index contributed by atoms with van der Waals surface area (Å²) in [6.45, 7) is 0. The van der Waals surface area contributed by atoms with E-state index >= 15 is 0 Å². The standard InChI is InChI=1S/C27H26N4O6S3.C7H7N3OS/c1-31-20-5-3-4-6-22(20)40(35,36)23-9-7-17(14-21(23)31)18(13-16-11-12-39(33,34)15-16)25(32)30-27-28-19-8-10-24(37-2)29-26(19)38-27;1-11-5-3-2-4-6(10-5)12-7(8)9-4/h3-10,14,16,18H,11-13,15H2,1-2H3,(H,28,30,32);2-3H,1H3,(H2,8,9). The number of aromatic nitrogens is 4. The maximum atomic E-state index is 13.8. The smallest absolute Gasteiger partial charge is 0.233 e.